The van der Waals surface area contributed by atoms with E-state index in [1.807, 2.05) is 6.07 Å². The van der Waals surface area contributed by atoms with Gasteiger partial charge in [-0.1, -0.05) is 48.4 Å². The van der Waals surface area contributed by atoms with Crippen molar-refractivity contribution in [1.29, 1.82) is 0 Å². The Morgan fingerprint density at radius 3 is 2.26 bits per heavy atom. The van der Waals surface area contributed by atoms with Crippen molar-refractivity contribution in [2.45, 2.75) is 0 Å². The second kappa shape index (κ2) is 7.73. The number of hydrogen-bond acceptors (Lipinski definition) is 5. The molecule has 0 aliphatic carbocycles. The van der Waals surface area contributed by atoms with Crippen LogP contribution in [0, 0.1) is 12.3 Å². The summed E-state index contributed by atoms with van der Waals surface area (Å²) in [7, 11) is -1.13. The fourth-order valence-electron chi connectivity index (χ4n) is 2.69. The van der Waals surface area contributed by atoms with Gasteiger partial charge in [0.1, 0.15) is 5.69 Å². The second-order valence-corrected chi connectivity index (χ2v) is 7.75. The number of terminal acetylenes is 1. The molecule has 3 rings (SSSR count). The Morgan fingerprint density at radius 2 is 1.70 bits per heavy atom. The molecular formula is C20H17N2O4P. The lowest BCUT2D eigenvalue weighted by Crippen LogP contribution is -2.13. The van der Waals surface area contributed by atoms with Crippen LogP contribution in [0.2, 0.25) is 0 Å². The van der Waals surface area contributed by atoms with Gasteiger partial charge in [-0.25, -0.2) is 0 Å². The predicted molar refractivity (Wildman–Crippen MR) is 103 cm³/mol. The number of carbonyl (C=O) groups excluding carboxylic acids is 1. The molecule has 136 valence electrons. The molecule has 3 aromatic rings. The number of benzene rings is 2. The minimum absolute atomic E-state index is 0.111. The third-order valence-corrected chi connectivity index (χ3v) is 5.93. The molecule has 0 unspecified atom stereocenters. The van der Waals surface area contributed by atoms with E-state index in [4.69, 9.17) is 15.5 Å². The molecule has 0 saturated heterocycles. The summed E-state index contributed by atoms with van der Waals surface area (Å²) in [4.78, 5) is 13.0. The number of ketones is 1. The highest BCUT2D eigenvalue weighted by molar-refractivity contribution is 7.62. The summed E-state index contributed by atoms with van der Waals surface area (Å²) in [5.74, 6) is 2.22. The minimum Gasteiger partial charge on any atom is -0.308 e. The van der Waals surface area contributed by atoms with Gasteiger partial charge in [0.2, 0.25) is 5.78 Å². The molecular weight excluding hydrogens is 363 g/mol. The summed E-state index contributed by atoms with van der Waals surface area (Å²) in [6.45, 7) is 0. The van der Waals surface area contributed by atoms with Crippen LogP contribution in [0.4, 0.5) is 0 Å². The Morgan fingerprint density at radius 1 is 1.07 bits per heavy atom. The number of nitrogens with zero attached hydrogens (tertiary/aromatic N) is 1. The van der Waals surface area contributed by atoms with E-state index in [-0.39, 0.29) is 16.9 Å². The lowest BCUT2D eigenvalue weighted by atomic mass is 10.00. The van der Waals surface area contributed by atoms with Gasteiger partial charge in [-0.15, -0.1) is 6.42 Å². The quantitative estimate of drug-likeness (QED) is 0.403. The number of carbonyl (C=O) groups is 1. The Hall–Kier alpha value is -2.97. The zero-order valence-electron chi connectivity index (χ0n) is 14.8. The maximum Gasteiger partial charge on any atom is 0.379 e. The van der Waals surface area contributed by atoms with Gasteiger partial charge >= 0.3 is 7.60 Å². The molecule has 1 heterocycles. The number of hydrogen-bond donors (Lipinski definition) is 1. The van der Waals surface area contributed by atoms with Crippen molar-refractivity contribution in [2.75, 3.05) is 14.2 Å². The van der Waals surface area contributed by atoms with Crippen LogP contribution in [0.3, 0.4) is 0 Å². The van der Waals surface area contributed by atoms with Crippen LogP contribution in [0.5, 0.6) is 0 Å². The van der Waals surface area contributed by atoms with E-state index in [9.17, 15) is 9.36 Å². The SMILES string of the molecule is C#Cc1ccc(-c2c(C(=O)c3ccccc3)n[nH]c2P(=O)(OC)OC)cc1. The van der Waals surface area contributed by atoms with Crippen molar-refractivity contribution in [3.05, 3.63) is 71.4 Å². The molecule has 0 saturated carbocycles. The van der Waals surface area contributed by atoms with E-state index in [1.54, 1.807) is 48.5 Å². The molecule has 0 aliphatic heterocycles. The zero-order valence-corrected chi connectivity index (χ0v) is 15.7. The first-order chi connectivity index (χ1) is 13.0. The van der Waals surface area contributed by atoms with Gasteiger partial charge in [-0.3, -0.25) is 14.5 Å². The van der Waals surface area contributed by atoms with E-state index in [2.05, 4.69) is 16.1 Å². The molecule has 7 heteroatoms. The van der Waals surface area contributed by atoms with Gasteiger partial charge < -0.3 is 9.05 Å². The maximum atomic E-state index is 13.0. The topological polar surface area (TPSA) is 81.3 Å². The molecule has 27 heavy (non-hydrogen) atoms. The first-order valence-electron chi connectivity index (χ1n) is 8.01. The number of aromatic nitrogens is 2. The number of H-pyrrole nitrogens is 1. The van der Waals surface area contributed by atoms with Crippen LogP contribution in [0.25, 0.3) is 11.1 Å². The van der Waals surface area contributed by atoms with Crippen LogP contribution < -0.4 is 5.44 Å². The average Bonchev–Trinajstić information content (AvgIpc) is 3.19. The summed E-state index contributed by atoms with van der Waals surface area (Å²) in [5, 5.41) is 6.80. The van der Waals surface area contributed by atoms with E-state index in [0.29, 0.717) is 22.3 Å². The van der Waals surface area contributed by atoms with Crippen molar-refractivity contribution >= 4 is 18.8 Å². The third-order valence-electron chi connectivity index (χ3n) is 4.09. The van der Waals surface area contributed by atoms with Gasteiger partial charge in [0, 0.05) is 30.9 Å². The normalized spacial score (nSPS) is 11.1. The van der Waals surface area contributed by atoms with Crippen LogP contribution in [-0.2, 0) is 13.6 Å². The lowest BCUT2D eigenvalue weighted by molar-refractivity contribution is 0.103. The van der Waals surface area contributed by atoms with Gasteiger partial charge in [0.05, 0.1) is 0 Å². The van der Waals surface area contributed by atoms with Crippen LogP contribution in [-0.4, -0.2) is 30.2 Å². The maximum absolute atomic E-state index is 13.0. The summed E-state index contributed by atoms with van der Waals surface area (Å²) < 4.78 is 23.2. The van der Waals surface area contributed by atoms with Gasteiger partial charge in [0.25, 0.3) is 0 Å². The van der Waals surface area contributed by atoms with Crippen molar-refractivity contribution in [3.63, 3.8) is 0 Å². The van der Waals surface area contributed by atoms with Crippen molar-refractivity contribution in [1.82, 2.24) is 10.2 Å². The largest absolute Gasteiger partial charge is 0.379 e. The molecule has 0 amide bonds. The predicted octanol–water partition coefficient (Wildman–Crippen LogP) is 3.40. The van der Waals surface area contributed by atoms with Crippen LogP contribution >= 0.6 is 7.60 Å². The zero-order chi connectivity index (χ0) is 19.4. The van der Waals surface area contributed by atoms with Gasteiger partial charge in [0.15, 0.2) is 5.44 Å². The Bertz CT molecular complexity index is 1040. The minimum atomic E-state index is -3.68. The van der Waals surface area contributed by atoms with E-state index in [0.717, 1.165) is 0 Å². The smallest absolute Gasteiger partial charge is 0.308 e. The standard InChI is InChI=1S/C20H17N2O4P/c1-4-14-10-12-15(13-11-14)17-18(19(23)16-8-6-5-7-9-16)21-22-20(17)27(24,25-2)26-3/h1,5-13H,2-3H3,(H,21,22). The van der Waals surface area contributed by atoms with Gasteiger partial charge in [-0.05, 0) is 17.7 Å². The fraction of sp³-hybridized carbons (Fsp3) is 0.100. The fourth-order valence-corrected chi connectivity index (χ4v) is 3.88. The number of rotatable bonds is 6. The van der Waals surface area contributed by atoms with Crippen molar-refractivity contribution in [2.24, 2.45) is 0 Å². The molecule has 1 N–H and O–H groups in total. The molecule has 0 fully saturated rings. The number of aromatic amines is 1. The molecule has 0 spiro atoms. The Balaban J connectivity index is 2.23. The molecule has 0 atom stereocenters. The van der Waals surface area contributed by atoms with Crippen LogP contribution in [0.1, 0.15) is 21.6 Å². The highest BCUT2D eigenvalue weighted by Crippen LogP contribution is 2.47. The molecule has 0 bridgehead atoms. The van der Waals surface area contributed by atoms with E-state index in [1.165, 1.54) is 14.2 Å². The Kier molecular flexibility index (Phi) is 5.38. The average molecular weight is 380 g/mol. The van der Waals surface area contributed by atoms with Gasteiger partial charge in [-0.2, -0.15) is 5.10 Å². The van der Waals surface area contributed by atoms with E-state index < -0.39 is 7.60 Å². The summed E-state index contributed by atoms with van der Waals surface area (Å²) in [5.41, 5.74) is 2.35. The third kappa shape index (κ3) is 3.49. The molecule has 0 radical (unpaired) electrons. The molecule has 6 nitrogen and oxygen atoms in total. The Labute approximate surface area is 157 Å². The highest BCUT2D eigenvalue weighted by Gasteiger charge is 2.34. The van der Waals surface area contributed by atoms with Crippen molar-refractivity contribution in [3.8, 4) is 23.5 Å². The van der Waals surface area contributed by atoms with Crippen molar-refractivity contribution < 1.29 is 18.4 Å². The van der Waals surface area contributed by atoms with E-state index >= 15 is 0 Å². The monoisotopic (exact) mass is 380 g/mol. The summed E-state index contributed by atoms with van der Waals surface area (Å²) in [6, 6.07) is 15.6. The highest BCUT2D eigenvalue weighted by atomic mass is 31.2. The molecule has 1 aromatic heterocycles. The first-order valence-corrected chi connectivity index (χ1v) is 9.55. The summed E-state index contributed by atoms with van der Waals surface area (Å²) >= 11 is 0. The summed E-state index contributed by atoms with van der Waals surface area (Å²) in [6.07, 6.45) is 5.41. The van der Waals surface area contributed by atoms with Crippen LogP contribution in [0.15, 0.2) is 54.6 Å². The molecule has 0 aliphatic rings. The molecule has 2 aromatic carbocycles. The second-order valence-electron chi connectivity index (χ2n) is 5.58. The lowest BCUT2D eigenvalue weighted by Gasteiger charge is -2.14. The first kappa shape index (κ1) is 18.8. The number of nitrogens with one attached hydrogen (secondary N) is 1.